The van der Waals surface area contributed by atoms with Crippen LogP contribution < -0.4 is 0 Å². The van der Waals surface area contributed by atoms with E-state index in [0.717, 1.165) is 60.9 Å². The Hall–Kier alpha value is -7.06. The molecular formula is C46H27F3N4O. The number of rotatable bonds is 5. The van der Waals surface area contributed by atoms with Crippen LogP contribution in [0.3, 0.4) is 0 Å². The van der Waals surface area contributed by atoms with Crippen LogP contribution in [0.25, 0.3) is 94.7 Å². The average molecular weight is 709 g/mol. The summed E-state index contributed by atoms with van der Waals surface area (Å²) in [5, 5.41) is 3.85. The molecule has 0 amide bonds. The van der Waals surface area contributed by atoms with Crippen LogP contribution >= 0.6 is 0 Å². The molecule has 0 aliphatic rings. The highest BCUT2D eigenvalue weighted by Crippen LogP contribution is 2.45. The Morgan fingerprint density at radius 3 is 1.74 bits per heavy atom. The lowest BCUT2D eigenvalue weighted by Crippen LogP contribution is -2.08. The van der Waals surface area contributed by atoms with E-state index < -0.39 is 11.7 Å². The highest BCUT2D eigenvalue weighted by molar-refractivity contribution is 6.27. The van der Waals surface area contributed by atoms with Gasteiger partial charge in [0.1, 0.15) is 11.2 Å². The molecule has 3 heterocycles. The van der Waals surface area contributed by atoms with Crippen molar-refractivity contribution in [2.45, 2.75) is 6.18 Å². The molecule has 0 N–H and O–H groups in total. The van der Waals surface area contributed by atoms with Crippen molar-refractivity contribution in [2.24, 2.45) is 0 Å². The van der Waals surface area contributed by atoms with Gasteiger partial charge in [0.05, 0.1) is 22.3 Å². The van der Waals surface area contributed by atoms with Crippen LogP contribution in [0.15, 0.2) is 168 Å². The van der Waals surface area contributed by atoms with Crippen LogP contribution in [0.4, 0.5) is 13.2 Å². The Morgan fingerprint density at radius 2 is 1.04 bits per heavy atom. The summed E-state index contributed by atoms with van der Waals surface area (Å²) < 4.78 is 52.9. The third-order valence-corrected chi connectivity index (χ3v) is 9.89. The molecule has 0 spiro atoms. The first-order valence-electron chi connectivity index (χ1n) is 17.4. The van der Waals surface area contributed by atoms with Gasteiger partial charge >= 0.3 is 6.18 Å². The first-order chi connectivity index (χ1) is 26.4. The van der Waals surface area contributed by atoms with Gasteiger partial charge in [0, 0.05) is 43.8 Å². The molecule has 0 bridgehead atoms. The van der Waals surface area contributed by atoms with Gasteiger partial charge in [-0.05, 0) is 54.1 Å². The van der Waals surface area contributed by atoms with E-state index >= 15 is 0 Å². The van der Waals surface area contributed by atoms with E-state index in [1.165, 1.54) is 12.1 Å². The summed E-state index contributed by atoms with van der Waals surface area (Å²) in [6, 6.07) is 50.2. The minimum atomic E-state index is -4.61. The minimum absolute atomic E-state index is 0.0447. The SMILES string of the molecule is FC(F)(F)c1ccccc1-c1cc(-c2nc(-c3ccccc3)nc(-c3ccccc3)n2)ccc1-n1c2ccccc2c2c3c(ccc21)oc1ccccc13. The van der Waals surface area contributed by atoms with Gasteiger partial charge in [0.15, 0.2) is 17.5 Å². The first kappa shape index (κ1) is 31.7. The van der Waals surface area contributed by atoms with Gasteiger partial charge in [-0.25, -0.2) is 15.0 Å². The van der Waals surface area contributed by atoms with Crippen molar-refractivity contribution in [2.75, 3.05) is 0 Å². The summed E-state index contributed by atoms with van der Waals surface area (Å²) in [5.74, 6) is 1.26. The van der Waals surface area contributed by atoms with Gasteiger partial charge in [0.2, 0.25) is 0 Å². The number of benzene rings is 7. The predicted octanol–water partition coefficient (Wildman–Crippen LogP) is 12.6. The van der Waals surface area contributed by atoms with E-state index in [9.17, 15) is 13.2 Å². The van der Waals surface area contributed by atoms with E-state index in [4.69, 9.17) is 19.4 Å². The minimum Gasteiger partial charge on any atom is -0.456 e. The van der Waals surface area contributed by atoms with Gasteiger partial charge in [-0.3, -0.25) is 0 Å². The third-order valence-electron chi connectivity index (χ3n) is 9.89. The number of alkyl halides is 3. The number of hydrogen-bond acceptors (Lipinski definition) is 4. The molecule has 258 valence electrons. The van der Waals surface area contributed by atoms with Crippen LogP contribution in [0, 0.1) is 0 Å². The number of halogens is 3. The molecule has 0 aliphatic carbocycles. The van der Waals surface area contributed by atoms with Crippen molar-refractivity contribution in [3.05, 3.63) is 169 Å². The van der Waals surface area contributed by atoms with Crippen LogP contribution in [0.5, 0.6) is 0 Å². The molecule has 0 saturated carbocycles. The van der Waals surface area contributed by atoms with Crippen molar-refractivity contribution >= 4 is 43.7 Å². The normalized spacial score (nSPS) is 12.0. The maximum Gasteiger partial charge on any atom is 0.417 e. The Balaban J connectivity index is 1.28. The third kappa shape index (κ3) is 5.14. The van der Waals surface area contributed by atoms with Gasteiger partial charge in [0.25, 0.3) is 0 Å². The Kier molecular flexibility index (Phi) is 7.20. The van der Waals surface area contributed by atoms with Gasteiger partial charge in [-0.15, -0.1) is 0 Å². The number of para-hydroxylation sites is 2. The second-order valence-electron chi connectivity index (χ2n) is 13.1. The van der Waals surface area contributed by atoms with Gasteiger partial charge in [-0.1, -0.05) is 115 Å². The van der Waals surface area contributed by atoms with Crippen molar-refractivity contribution in [1.82, 2.24) is 19.5 Å². The second kappa shape index (κ2) is 12.3. The average Bonchev–Trinajstić information content (AvgIpc) is 3.76. The van der Waals surface area contributed by atoms with E-state index in [0.29, 0.717) is 34.3 Å². The van der Waals surface area contributed by atoms with Crippen LogP contribution in [0.1, 0.15) is 5.56 Å². The van der Waals surface area contributed by atoms with Crippen LogP contribution in [-0.4, -0.2) is 19.5 Å². The molecule has 0 unspecified atom stereocenters. The number of fused-ring (bicyclic) bond motifs is 7. The summed E-state index contributed by atoms with van der Waals surface area (Å²) in [5.41, 5.74) is 5.59. The molecule has 54 heavy (non-hydrogen) atoms. The zero-order valence-corrected chi connectivity index (χ0v) is 28.4. The van der Waals surface area contributed by atoms with E-state index in [-0.39, 0.29) is 5.56 Å². The largest absolute Gasteiger partial charge is 0.456 e. The van der Waals surface area contributed by atoms with Crippen molar-refractivity contribution in [1.29, 1.82) is 0 Å². The smallest absolute Gasteiger partial charge is 0.417 e. The number of aromatic nitrogens is 4. The molecule has 0 saturated heterocycles. The lowest BCUT2D eigenvalue weighted by atomic mass is 9.95. The van der Waals surface area contributed by atoms with Gasteiger partial charge in [-0.2, -0.15) is 13.2 Å². The quantitative estimate of drug-likeness (QED) is 0.179. The standard InChI is InChI=1S/C46H27F3N4O/c47-46(48,49)35-20-10-7-17-31(35)34-27-30(45-51-43(28-13-3-1-4-14-28)50-44(52-45)29-15-5-2-6-16-29)23-24-37(34)53-36-21-11-8-18-32(36)41-38(53)25-26-40-42(41)33-19-9-12-22-39(33)54-40/h1-27H. The zero-order valence-electron chi connectivity index (χ0n) is 28.4. The summed E-state index contributed by atoms with van der Waals surface area (Å²) >= 11 is 0. The summed E-state index contributed by atoms with van der Waals surface area (Å²) in [6.07, 6.45) is -4.61. The lowest BCUT2D eigenvalue weighted by Gasteiger charge is -2.19. The van der Waals surface area contributed by atoms with E-state index in [2.05, 4.69) is 4.57 Å². The number of hydrogen-bond donors (Lipinski definition) is 0. The molecule has 5 nitrogen and oxygen atoms in total. The Morgan fingerprint density at radius 1 is 0.444 bits per heavy atom. The van der Waals surface area contributed by atoms with Gasteiger partial charge < -0.3 is 8.98 Å². The fraction of sp³-hybridized carbons (Fsp3) is 0.0217. The molecule has 8 heteroatoms. The maximum absolute atomic E-state index is 14.9. The summed E-state index contributed by atoms with van der Waals surface area (Å²) in [4.78, 5) is 14.6. The second-order valence-corrected chi connectivity index (χ2v) is 13.1. The molecule has 10 aromatic rings. The Labute approximate surface area is 306 Å². The monoisotopic (exact) mass is 708 g/mol. The molecular weight excluding hydrogens is 682 g/mol. The molecule has 0 radical (unpaired) electrons. The van der Waals surface area contributed by atoms with Crippen molar-refractivity contribution in [3.8, 4) is 51.0 Å². The maximum atomic E-state index is 14.9. The summed E-state index contributed by atoms with van der Waals surface area (Å²) in [7, 11) is 0. The predicted molar refractivity (Wildman–Crippen MR) is 208 cm³/mol. The van der Waals surface area contributed by atoms with Crippen molar-refractivity contribution < 1.29 is 17.6 Å². The summed E-state index contributed by atoms with van der Waals surface area (Å²) in [6.45, 7) is 0. The fourth-order valence-electron chi connectivity index (χ4n) is 7.52. The first-order valence-corrected chi connectivity index (χ1v) is 17.4. The van der Waals surface area contributed by atoms with Crippen LogP contribution in [-0.2, 0) is 6.18 Å². The molecule has 0 fully saturated rings. The Bertz CT molecular complexity index is 2980. The lowest BCUT2D eigenvalue weighted by molar-refractivity contribution is -0.137. The zero-order chi connectivity index (χ0) is 36.4. The molecule has 3 aromatic heterocycles. The molecule has 7 aromatic carbocycles. The number of furan rings is 1. The highest BCUT2D eigenvalue weighted by Gasteiger charge is 2.34. The number of nitrogens with zero attached hydrogens (tertiary/aromatic N) is 4. The fourth-order valence-corrected chi connectivity index (χ4v) is 7.52. The van der Waals surface area contributed by atoms with E-state index in [1.807, 2.05) is 133 Å². The molecule has 0 aliphatic heterocycles. The topological polar surface area (TPSA) is 56.7 Å². The van der Waals surface area contributed by atoms with Crippen molar-refractivity contribution in [3.63, 3.8) is 0 Å². The molecule has 0 atom stereocenters. The van der Waals surface area contributed by atoms with E-state index in [1.54, 1.807) is 12.1 Å². The molecule has 10 rings (SSSR count). The van der Waals surface area contributed by atoms with Crippen LogP contribution in [0.2, 0.25) is 0 Å². The highest BCUT2D eigenvalue weighted by atomic mass is 19.4.